The van der Waals surface area contributed by atoms with E-state index < -0.39 is 42.2 Å². The molecule has 3 atom stereocenters. The SMILES string of the molecule is O=C(NCCOCCOCCCCCCCl)c1ccc(C(=O)NCc2cn([C@H]3CC(O)[C@@H](CO)O3)c(=O)[nH]c2=O)cc1. The molecule has 2 heterocycles. The minimum absolute atomic E-state index is 0.0568. The van der Waals surface area contributed by atoms with E-state index in [1.165, 1.54) is 30.5 Å². The van der Waals surface area contributed by atoms with Gasteiger partial charge in [0.2, 0.25) is 0 Å². The van der Waals surface area contributed by atoms with Crippen molar-refractivity contribution in [3.8, 4) is 0 Å². The number of halogens is 1. The molecular weight excluding hydrogens is 572 g/mol. The first-order valence-electron chi connectivity index (χ1n) is 14.0. The molecule has 1 aromatic heterocycles. The number of carbonyl (C=O) groups excluding carboxylic acids is 2. The van der Waals surface area contributed by atoms with E-state index in [1.54, 1.807) is 0 Å². The number of rotatable bonds is 18. The van der Waals surface area contributed by atoms with Crippen molar-refractivity contribution in [3.63, 3.8) is 0 Å². The number of hydrogen-bond acceptors (Lipinski definition) is 9. The summed E-state index contributed by atoms with van der Waals surface area (Å²) >= 11 is 5.64. The van der Waals surface area contributed by atoms with Crippen molar-refractivity contribution in [1.29, 1.82) is 0 Å². The van der Waals surface area contributed by atoms with Crippen molar-refractivity contribution in [2.75, 3.05) is 45.5 Å². The monoisotopic (exact) mass is 610 g/mol. The van der Waals surface area contributed by atoms with Gasteiger partial charge in [0.25, 0.3) is 17.4 Å². The van der Waals surface area contributed by atoms with Crippen molar-refractivity contribution in [2.24, 2.45) is 0 Å². The Morgan fingerprint density at radius 2 is 1.62 bits per heavy atom. The summed E-state index contributed by atoms with van der Waals surface area (Å²) in [4.78, 5) is 51.7. The van der Waals surface area contributed by atoms with Gasteiger partial charge < -0.3 is 35.1 Å². The largest absolute Gasteiger partial charge is 0.394 e. The molecule has 2 aromatic rings. The van der Waals surface area contributed by atoms with Crippen LogP contribution in [0.1, 0.15) is 64.6 Å². The summed E-state index contributed by atoms with van der Waals surface area (Å²) in [5, 5.41) is 24.6. The van der Waals surface area contributed by atoms with Gasteiger partial charge in [0, 0.05) is 42.8 Å². The van der Waals surface area contributed by atoms with Gasteiger partial charge in [-0.25, -0.2) is 4.79 Å². The van der Waals surface area contributed by atoms with Crippen LogP contribution in [0.25, 0.3) is 0 Å². The van der Waals surface area contributed by atoms with E-state index in [-0.39, 0.29) is 30.0 Å². The van der Waals surface area contributed by atoms with Crippen molar-refractivity contribution in [3.05, 3.63) is 68.0 Å². The first-order valence-corrected chi connectivity index (χ1v) is 14.5. The highest BCUT2D eigenvalue weighted by molar-refractivity contribution is 6.17. The van der Waals surface area contributed by atoms with Crippen LogP contribution >= 0.6 is 11.6 Å². The van der Waals surface area contributed by atoms with Gasteiger partial charge in [0.05, 0.1) is 44.6 Å². The van der Waals surface area contributed by atoms with Crippen LogP contribution in [-0.2, 0) is 20.8 Å². The van der Waals surface area contributed by atoms with Gasteiger partial charge in [-0.15, -0.1) is 11.6 Å². The Balaban J connectivity index is 1.38. The Hall–Kier alpha value is -3.07. The second-order valence-electron chi connectivity index (χ2n) is 9.78. The van der Waals surface area contributed by atoms with Gasteiger partial charge in [-0.05, 0) is 37.1 Å². The van der Waals surface area contributed by atoms with Crippen molar-refractivity contribution in [1.82, 2.24) is 20.2 Å². The van der Waals surface area contributed by atoms with Crippen LogP contribution in [0.15, 0.2) is 40.1 Å². The summed E-state index contributed by atoms with van der Waals surface area (Å²) < 4.78 is 17.6. The number of aliphatic hydroxyl groups excluding tert-OH is 2. The molecule has 2 amide bonds. The average molecular weight is 611 g/mol. The number of unbranched alkanes of at least 4 members (excludes halogenated alkanes) is 3. The van der Waals surface area contributed by atoms with Crippen molar-refractivity contribution < 1.29 is 34.0 Å². The number of aromatic amines is 1. The molecule has 1 aliphatic rings. The molecule has 0 radical (unpaired) electrons. The van der Waals surface area contributed by atoms with Gasteiger partial charge in [0.15, 0.2) is 0 Å². The van der Waals surface area contributed by atoms with Crippen LogP contribution in [0, 0.1) is 0 Å². The Kier molecular flexibility index (Phi) is 14.2. The molecule has 1 saturated heterocycles. The average Bonchev–Trinajstić information content (AvgIpc) is 3.37. The van der Waals surface area contributed by atoms with Gasteiger partial charge in [-0.2, -0.15) is 0 Å². The Morgan fingerprint density at radius 3 is 2.26 bits per heavy atom. The maximum absolute atomic E-state index is 12.6. The van der Waals surface area contributed by atoms with Crippen molar-refractivity contribution in [2.45, 2.75) is 57.1 Å². The zero-order valence-corrected chi connectivity index (χ0v) is 24.1. The normalized spacial score (nSPS) is 18.2. The fourth-order valence-corrected chi connectivity index (χ4v) is 4.47. The lowest BCUT2D eigenvalue weighted by atomic mass is 10.1. The summed E-state index contributed by atoms with van der Waals surface area (Å²) in [6.07, 6.45) is 2.88. The number of carbonyl (C=O) groups is 2. The predicted molar refractivity (Wildman–Crippen MR) is 154 cm³/mol. The Morgan fingerprint density at radius 1 is 0.976 bits per heavy atom. The van der Waals surface area contributed by atoms with Gasteiger partial charge >= 0.3 is 5.69 Å². The lowest BCUT2D eigenvalue weighted by molar-refractivity contribution is -0.0460. The maximum Gasteiger partial charge on any atom is 0.330 e. The lowest BCUT2D eigenvalue weighted by Crippen LogP contribution is -2.36. The number of nitrogens with zero attached hydrogens (tertiary/aromatic N) is 1. The molecular formula is C28H39ClN4O9. The molecule has 13 nitrogen and oxygen atoms in total. The summed E-state index contributed by atoms with van der Waals surface area (Å²) in [6, 6.07) is 6.00. The van der Waals surface area contributed by atoms with E-state index in [0.717, 1.165) is 30.3 Å². The van der Waals surface area contributed by atoms with E-state index in [0.29, 0.717) is 44.4 Å². The second kappa shape index (κ2) is 17.8. The van der Waals surface area contributed by atoms with E-state index >= 15 is 0 Å². The van der Waals surface area contributed by atoms with Crippen LogP contribution in [0.2, 0.25) is 0 Å². The molecule has 0 aliphatic carbocycles. The fourth-order valence-electron chi connectivity index (χ4n) is 4.28. The highest BCUT2D eigenvalue weighted by Crippen LogP contribution is 2.27. The Bertz CT molecular complexity index is 1250. The third kappa shape index (κ3) is 10.3. The summed E-state index contributed by atoms with van der Waals surface area (Å²) in [7, 11) is 0. The molecule has 232 valence electrons. The molecule has 14 heteroatoms. The van der Waals surface area contributed by atoms with Crippen LogP contribution < -0.4 is 21.9 Å². The van der Waals surface area contributed by atoms with Gasteiger partial charge in [-0.1, -0.05) is 12.8 Å². The number of benzene rings is 1. The number of H-pyrrole nitrogens is 1. The molecule has 5 N–H and O–H groups in total. The first-order chi connectivity index (χ1) is 20.3. The second-order valence-corrected chi connectivity index (χ2v) is 10.2. The molecule has 0 saturated carbocycles. The molecule has 0 spiro atoms. The maximum atomic E-state index is 12.6. The highest BCUT2D eigenvalue weighted by Gasteiger charge is 2.35. The lowest BCUT2D eigenvalue weighted by Gasteiger charge is -2.15. The molecule has 1 aliphatic heterocycles. The topological polar surface area (TPSA) is 181 Å². The molecule has 3 rings (SSSR count). The standard InChI is InChI=1S/C28H39ClN4O9/c29-9-3-1-2-4-11-40-13-14-41-12-10-30-25(36)19-5-7-20(8-6-19)26(37)31-16-21-17-33(28(39)32-27(21)38)24-15-22(35)23(18-34)42-24/h5-8,17,22-24,34-35H,1-4,9-16,18H2,(H,30,36)(H,31,37)(H,32,38,39)/t22?,23-,24-/m1/s1. The van der Waals surface area contributed by atoms with E-state index in [9.17, 15) is 29.4 Å². The fraction of sp³-hybridized carbons (Fsp3) is 0.571. The van der Waals surface area contributed by atoms with Crippen LogP contribution in [-0.4, -0.2) is 89.2 Å². The molecule has 1 fully saturated rings. The summed E-state index contributed by atoms with van der Waals surface area (Å²) in [5.41, 5.74) is -0.679. The quantitative estimate of drug-likeness (QED) is 0.120. The number of hydrogen-bond donors (Lipinski definition) is 5. The highest BCUT2D eigenvalue weighted by atomic mass is 35.5. The molecule has 1 unspecified atom stereocenters. The number of aromatic nitrogens is 2. The van der Waals surface area contributed by atoms with Gasteiger partial charge in [-0.3, -0.25) is 23.9 Å². The minimum atomic E-state index is -0.961. The molecule has 42 heavy (non-hydrogen) atoms. The van der Waals surface area contributed by atoms with Crippen LogP contribution in [0.5, 0.6) is 0 Å². The summed E-state index contributed by atoms with van der Waals surface area (Å²) in [5.74, 6) is -0.104. The van der Waals surface area contributed by atoms with E-state index in [1.807, 2.05) is 0 Å². The molecule has 0 bridgehead atoms. The van der Waals surface area contributed by atoms with Crippen LogP contribution in [0.3, 0.4) is 0 Å². The number of amides is 2. The predicted octanol–water partition coefficient (Wildman–Crippen LogP) is 0.670. The number of alkyl halides is 1. The van der Waals surface area contributed by atoms with E-state index in [2.05, 4.69) is 15.6 Å². The summed E-state index contributed by atoms with van der Waals surface area (Å²) in [6.45, 7) is 1.69. The third-order valence-corrected chi connectivity index (χ3v) is 6.93. The van der Waals surface area contributed by atoms with Crippen LogP contribution in [0.4, 0.5) is 0 Å². The van der Waals surface area contributed by atoms with Gasteiger partial charge in [0.1, 0.15) is 12.3 Å². The smallest absolute Gasteiger partial charge is 0.330 e. The third-order valence-electron chi connectivity index (χ3n) is 6.66. The Labute approximate surface area is 248 Å². The molecule has 1 aromatic carbocycles. The number of nitrogens with one attached hydrogen (secondary N) is 3. The number of aliphatic hydroxyl groups is 2. The minimum Gasteiger partial charge on any atom is -0.394 e. The zero-order valence-electron chi connectivity index (χ0n) is 23.4. The first kappa shape index (κ1) is 33.4. The zero-order chi connectivity index (χ0) is 30.3. The number of ether oxygens (including phenoxy) is 3. The van der Waals surface area contributed by atoms with E-state index in [4.69, 9.17) is 25.8 Å². The van der Waals surface area contributed by atoms with Crippen molar-refractivity contribution >= 4 is 23.4 Å².